The van der Waals surface area contributed by atoms with Gasteiger partial charge in [-0.3, -0.25) is 18.6 Å². The van der Waals surface area contributed by atoms with Crippen molar-refractivity contribution in [1.29, 1.82) is 0 Å². The van der Waals surface area contributed by atoms with Crippen LogP contribution in [0, 0.1) is 0 Å². The zero-order chi connectivity index (χ0) is 39.1. The molecule has 0 spiro atoms. The zero-order valence-electron chi connectivity index (χ0n) is 32.7. The number of carbonyl (C=O) groups excluding carboxylic acids is 2. The molecule has 0 aromatic rings. The Labute approximate surface area is 320 Å². The molecule has 3 N–H and O–H groups in total. The SMILES string of the molecule is CC/C=C/C=C/C=C/C=C/C=C/CCCC(=O)OC(COC(=O)CCCCCCCCC/C=C/CCCCCCCC)COP(=O)(O)OC[C@@H](O)CO. The van der Waals surface area contributed by atoms with Crippen LogP contribution in [0.4, 0.5) is 0 Å². The summed E-state index contributed by atoms with van der Waals surface area (Å²) in [5, 5.41) is 18.3. The highest BCUT2D eigenvalue weighted by Crippen LogP contribution is 2.43. The van der Waals surface area contributed by atoms with E-state index in [4.69, 9.17) is 19.1 Å². The Hall–Kier alpha value is -2.59. The van der Waals surface area contributed by atoms with E-state index >= 15 is 0 Å². The molecule has 0 saturated heterocycles. The molecule has 53 heavy (non-hydrogen) atoms. The van der Waals surface area contributed by atoms with E-state index in [1.54, 1.807) is 0 Å². The van der Waals surface area contributed by atoms with Crippen molar-refractivity contribution < 1.29 is 47.8 Å². The van der Waals surface area contributed by atoms with Gasteiger partial charge in [0.15, 0.2) is 6.10 Å². The summed E-state index contributed by atoms with van der Waals surface area (Å²) in [6, 6.07) is 0. The fourth-order valence-corrected chi connectivity index (χ4v) is 5.69. The molecule has 0 radical (unpaired) electrons. The van der Waals surface area contributed by atoms with Gasteiger partial charge in [0.2, 0.25) is 0 Å². The Morgan fingerprint density at radius 3 is 1.66 bits per heavy atom. The van der Waals surface area contributed by atoms with Crippen molar-refractivity contribution in [3.63, 3.8) is 0 Å². The number of phosphoric ester groups is 1. The molecular weight excluding hydrogens is 695 g/mol. The van der Waals surface area contributed by atoms with E-state index in [1.165, 1.54) is 64.2 Å². The van der Waals surface area contributed by atoms with Crippen LogP contribution in [0.2, 0.25) is 0 Å². The van der Waals surface area contributed by atoms with Gasteiger partial charge in [-0.2, -0.15) is 0 Å². The quantitative estimate of drug-likeness (QED) is 0.0185. The van der Waals surface area contributed by atoms with Crippen molar-refractivity contribution in [3.8, 4) is 0 Å². The topological polar surface area (TPSA) is 149 Å². The molecule has 3 atom stereocenters. The minimum atomic E-state index is -4.64. The lowest BCUT2D eigenvalue weighted by Crippen LogP contribution is -2.29. The predicted octanol–water partition coefficient (Wildman–Crippen LogP) is 10.1. The van der Waals surface area contributed by atoms with Crippen LogP contribution >= 0.6 is 7.82 Å². The summed E-state index contributed by atoms with van der Waals surface area (Å²) in [4.78, 5) is 34.8. The molecule has 2 unspecified atom stereocenters. The van der Waals surface area contributed by atoms with E-state index in [0.717, 1.165) is 32.1 Å². The predicted molar refractivity (Wildman–Crippen MR) is 214 cm³/mol. The third-order valence-corrected chi connectivity index (χ3v) is 8.92. The van der Waals surface area contributed by atoms with Gasteiger partial charge in [-0.1, -0.05) is 151 Å². The molecule has 304 valence electrons. The molecule has 0 aliphatic carbocycles. The van der Waals surface area contributed by atoms with E-state index in [9.17, 15) is 24.2 Å². The Kier molecular flexibility index (Phi) is 35.9. The van der Waals surface area contributed by atoms with E-state index in [1.807, 2.05) is 54.7 Å². The van der Waals surface area contributed by atoms with Gasteiger partial charge >= 0.3 is 19.8 Å². The minimum Gasteiger partial charge on any atom is -0.462 e. The number of phosphoric acid groups is 1. The highest BCUT2D eigenvalue weighted by Gasteiger charge is 2.27. The van der Waals surface area contributed by atoms with Crippen molar-refractivity contribution in [1.82, 2.24) is 0 Å². The van der Waals surface area contributed by atoms with E-state index in [-0.39, 0.29) is 19.4 Å². The number of aliphatic hydroxyl groups excluding tert-OH is 2. The molecule has 0 aliphatic rings. The van der Waals surface area contributed by atoms with Gasteiger partial charge in [-0.25, -0.2) is 4.57 Å². The first kappa shape index (κ1) is 50.4. The first-order valence-corrected chi connectivity index (χ1v) is 21.5. The highest BCUT2D eigenvalue weighted by molar-refractivity contribution is 7.47. The molecular formula is C42H71O10P. The number of hydrogen-bond donors (Lipinski definition) is 3. The average molecular weight is 767 g/mol. The number of esters is 2. The summed E-state index contributed by atoms with van der Waals surface area (Å²) >= 11 is 0. The van der Waals surface area contributed by atoms with Gasteiger partial charge in [0, 0.05) is 12.8 Å². The molecule has 0 amide bonds. The van der Waals surface area contributed by atoms with Crippen LogP contribution < -0.4 is 0 Å². The minimum absolute atomic E-state index is 0.0837. The Bertz CT molecular complexity index is 1110. The fourth-order valence-electron chi connectivity index (χ4n) is 4.90. The van der Waals surface area contributed by atoms with Crippen molar-refractivity contribution in [2.24, 2.45) is 0 Å². The van der Waals surface area contributed by atoms with Gasteiger partial charge < -0.3 is 24.6 Å². The van der Waals surface area contributed by atoms with E-state index < -0.39 is 51.8 Å². The second-order valence-corrected chi connectivity index (χ2v) is 14.5. The molecule has 0 rings (SSSR count). The molecule has 0 aromatic heterocycles. The fraction of sp³-hybridized carbons (Fsp3) is 0.667. The van der Waals surface area contributed by atoms with Gasteiger partial charge in [0.1, 0.15) is 12.7 Å². The van der Waals surface area contributed by atoms with Crippen LogP contribution in [-0.4, -0.2) is 65.7 Å². The molecule has 0 heterocycles. The van der Waals surface area contributed by atoms with Crippen LogP contribution in [-0.2, 0) is 32.7 Å². The normalized spacial score (nSPS) is 14.7. The number of aliphatic hydroxyl groups is 2. The van der Waals surface area contributed by atoms with Crippen molar-refractivity contribution >= 4 is 19.8 Å². The second-order valence-electron chi connectivity index (χ2n) is 13.0. The van der Waals surface area contributed by atoms with Crippen LogP contribution in [0.5, 0.6) is 0 Å². The second kappa shape index (κ2) is 37.7. The number of ether oxygens (including phenoxy) is 2. The Balaban J connectivity index is 4.44. The maximum atomic E-state index is 12.5. The molecule has 0 aromatic carbocycles. The average Bonchev–Trinajstić information content (AvgIpc) is 3.14. The first-order chi connectivity index (χ1) is 25.7. The van der Waals surface area contributed by atoms with Crippen molar-refractivity contribution in [2.45, 2.75) is 154 Å². The van der Waals surface area contributed by atoms with Gasteiger partial charge in [0.25, 0.3) is 0 Å². The van der Waals surface area contributed by atoms with Gasteiger partial charge in [-0.15, -0.1) is 0 Å². The Morgan fingerprint density at radius 1 is 0.585 bits per heavy atom. The van der Waals surface area contributed by atoms with E-state index in [0.29, 0.717) is 19.3 Å². The van der Waals surface area contributed by atoms with Gasteiger partial charge in [0.05, 0.1) is 19.8 Å². The summed E-state index contributed by atoms with van der Waals surface area (Å²) in [6.45, 7) is 2.11. The van der Waals surface area contributed by atoms with E-state index in [2.05, 4.69) is 36.6 Å². The lowest BCUT2D eigenvalue weighted by atomic mass is 10.1. The molecule has 0 aliphatic heterocycles. The van der Waals surface area contributed by atoms with Crippen molar-refractivity contribution in [2.75, 3.05) is 26.4 Å². The van der Waals surface area contributed by atoms with Crippen LogP contribution in [0.25, 0.3) is 0 Å². The molecule has 0 saturated carbocycles. The summed E-state index contributed by atoms with van der Waals surface area (Å²) in [5.41, 5.74) is 0. The number of allylic oxidation sites excluding steroid dienone is 12. The monoisotopic (exact) mass is 766 g/mol. The highest BCUT2D eigenvalue weighted by atomic mass is 31.2. The number of hydrogen-bond acceptors (Lipinski definition) is 9. The van der Waals surface area contributed by atoms with Crippen LogP contribution in [0.3, 0.4) is 0 Å². The third kappa shape index (κ3) is 37.5. The van der Waals surface area contributed by atoms with Gasteiger partial charge in [-0.05, 0) is 51.4 Å². The maximum absolute atomic E-state index is 12.5. The van der Waals surface area contributed by atoms with Crippen LogP contribution in [0.15, 0.2) is 72.9 Å². The molecule has 0 bridgehead atoms. The smallest absolute Gasteiger partial charge is 0.462 e. The lowest BCUT2D eigenvalue weighted by Gasteiger charge is -2.20. The maximum Gasteiger partial charge on any atom is 0.472 e. The Morgan fingerprint density at radius 2 is 1.08 bits per heavy atom. The lowest BCUT2D eigenvalue weighted by molar-refractivity contribution is -0.161. The largest absolute Gasteiger partial charge is 0.472 e. The summed E-state index contributed by atoms with van der Waals surface area (Å²) in [7, 11) is -4.64. The standard InChI is InChI=1S/C42H71O10P/c1-3-5-7-9-11-13-15-17-18-19-20-22-23-25-27-29-31-33-41(45)49-37-40(38-51-53(47,48)50-36-39(44)35-43)52-42(46)34-32-30-28-26-24-21-16-14-12-10-8-6-4-2/h6,8,10,12,14,16-18,21,24,26,28,39-40,43-44H,3-5,7,9,11,13,15,19-20,22-23,25,27,29-38H2,1-2H3,(H,47,48)/b8-6+,12-10+,16-14+,18-17+,24-21+,28-26+/t39-,40?/m0/s1. The number of carbonyl (C=O) groups is 2. The third-order valence-electron chi connectivity index (χ3n) is 7.97. The van der Waals surface area contributed by atoms with Crippen molar-refractivity contribution in [3.05, 3.63) is 72.9 Å². The summed E-state index contributed by atoms with van der Waals surface area (Å²) < 4.78 is 32.5. The zero-order valence-corrected chi connectivity index (χ0v) is 33.6. The molecule has 10 nitrogen and oxygen atoms in total. The number of rotatable bonds is 36. The molecule has 11 heteroatoms. The summed E-state index contributed by atoms with van der Waals surface area (Å²) in [6.07, 6.45) is 41.7. The summed E-state index contributed by atoms with van der Waals surface area (Å²) in [5.74, 6) is -1.02. The first-order valence-electron chi connectivity index (χ1n) is 20.0. The number of unbranched alkanes of at least 4 members (excludes halogenated alkanes) is 14. The van der Waals surface area contributed by atoms with Crippen LogP contribution in [0.1, 0.15) is 142 Å². The molecule has 0 fully saturated rings.